The van der Waals surface area contributed by atoms with E-state index in [2.05, 4.69) is 20.4 Å². The van der Waals surface area contributed by atoms with Crippen molar-refractivity contribution in [3.05, 3.63) is 29.8 Å². The number of alkyl halides is 3. The molecule has 1 heterocycles. The first-order valence-corrected chi connectivity index (χ1v) is 6.90. The van der Waals surface area contributed by atoms with Gasteiger partial charge in [0.25, 0.3) is 0 Å². The molecular formula is C14H18F3N3O. The summed E-state index contributed by atoms with van der Waals surface area (Å²) in [7, 11) is 0. The first-order chi connectivity index (χ1) is 10.0. The van der Waals surface area contributed by atoms with Gasteiger partial charge in [-0.15, -0.1) is 13.2 Å². The Morgan fingerprint density at radius 3 is 2.67 bits per heavy atom. The summed E-state index contributed by atoms with van der Waals surface area (Å²) in [5, 5.41) is 6.39. The van der Waals surface area contributed by atoms with Gasteiger partial charge in [-0.1, -0.05) is 12.1 Å². The molecule has 0 atom stereocenters. The highest BCUT2D eigenvalue weighted by molar-refractivity contribution is 5.79. The molecule has 0 bridgehead atoms. The minimum Gasteiger partial charge on any atom is -0.406 e. The normalized spacial score (nSPS) is 15.7. The van der Waals surface area contributed by atoms with Gasteiger partial charge in [-0.2, -0.15) is 0 Å². The Bertz CT molecular complexity index is 471. The molecule has 4 nitrogen and oxygen atoms in total. The predicted molar refractivity (Wildman–Crippen MR) is 74.4 cm³/mol. The number of ether oxygens (including phenoxy) is 1. The van der Waals surface area contributed by atoms with Gasteiger partial charge in [-0.25, -0.2) is 0 Å². The molecule has 21 heavy (non-hydrogen) atoms. The lowest BCUT2D eigenvalue weighted by molar-refractivity contribution is -0.274. The molecule has 0 radical (unpaired) electrons. The highest BCUT2D eigenvalue weighted by Crippen LogP contribution is 2.22. The van der Waals surface area contributed by atoms with Crippen molar-refractivity contribution in [2.45, 2.75) is 25.6 Å². The second-order valence-electron chi connectivity index (χ2n) is 4.73. The van der Waals surface area contributed by atoms with Gasteiger partial charge in [-0.3, -0.25) is 4.99 Å². The van der Waals surface area contributed by atoms with Crippen LogP contribution in [0.15, 0.2) is 29.3 Å². The van der Waals surface area contributed by atoms with E-state index in [1.807, 2.05) is 0 Å². The van der Waals surface area contributed by atoms with Gasteiger partial charge in [0, 0.05) is 19.6 Å². The molecule has 0 saturated carbocycles. The first kappa shape index (κ1) is 15.5. The van der Waals surface area contributed by atoms with Crippen LogP contribution in [0.5, 0.6) is 5.75 Å². The van der Waals surface area contributed by atoms with Gasteiger partial charge >= 0.3 is 6.36 Å². The Hall–Kier alpha value is -1.92. The van der Waals surface area contributed by atoms with Gasteiger partial charge in [0.1, 0.15) is 5.75 Å². The highest BCUT2D eigenvalue weighted by atomic mass is 19.4. The fourth-order valence-corrected chi connectivity index (χ4v) is 1.99. The Balaban J connectivity index is 1.77. The van der Waals surface area contributed by atoms with Crippen LogP contribution in [-0.4, -0.2) is 32.0 Å². The van der Waals surface area contributed by atoms with Gasteiger partial charge < -0.3 is 15.4 Å². The number of halogens is 3. The third-order valence-corrected chi connectivity index (χ3v) is 3.01. The Morgan fingerprint density at radius 1 is 1.19 bits per heavy atom. The van der Waals surface area contributed by atoms with Crippen LogP contribution in [-0.2, 0) is 6.42 Å². The minimum absolute atomic E-state index is 0.200. The molecule has 2 rings (SSSR count). The standard InChI is InChI=1S/C14H18F3N3O/c15-14(16,17)21-12-5-3-11(4-6-12)7-10-20-13-18-8-1-2-9-19-13/h3-6H,1-2,7-10H2,(H2,18,19,20). The number of guanidine groups is 1. The summed E-state index contributed by atoms with van der Waals surface area (Å²) in [5.41, 5.74) is 0.936. The lowest BCUT2D eigenvalue weighted by atomic mass is 10.1. The van der Waals surface area contributed by atoms with E-state index in [9.17, 15) is 13.2 Å². The molecule has 0 amide bonds. The number of benzene rings is 1. The van der Waals surface area contributed by atoms with E-state index in [-0.39, 0.29) is 5.75 Å². The summed E-state index contributed by atoms with van der Waals surface area (Å²) in [4.78, 5) is 4.36. The molecule has 0 unspecified atom stereocenters. The molecule has 2 N–H and O–H groups in total. The van der Waals surface area contributed by atoms with E-state index in [4.69, 9.17) is 0 Å². The lowest BCUT2D eigenvalue weighted by Gasteiger charge is -2.11. The van der Waals surface area contributed by atoms with E-state index in [0.29, 0.717) is 13.0 Å². The fourth-order valence-electron chi connectivity index (χ4n) is 1.99. The van der Waals surface area contributed by atoms with Crippen LogP contribution in [0.2, 0.25) is 0 Å². The molecule has 1 aliphatic rings. The van der Waals surface area contributed by atoms with Crippen LogP contribution in [0, 0.1) is 0 Å². The highest BCUT2D eigenvalue weighted by Gasteiger charge is 2.30. The van der Waals surface area contributed by atoms with Crippen molar-refractivity contribution in [2.24, 2.45) is 4.99 Å². The van der Waals surface area contributed by atoms with Crippen molar-refractivity contribution >= 4 is 5.96 Å². The van der Waals surface area contributed by atoms with Crippen LogP contribution < -0.4 is 15.4 Å². The van der Waals surface area contributed by atoms with Crippen LogP contribution >= 0.6 is 0 Å². The monoisotopic (exact) mass is 301 g/mol. The Morgan fingerprint density at radius 2 is 1.95 bits per heavy atom. The summed E-state index contributed by atoms with van der Waals surface area (Å²) in [5.74, 6) is 0.596. The van der Waals surface area contributed by atoms with Gasteiger partial charge in [0.05, 0.1) is 0 Å². The third kappa shape index (κ3) is 5.93. The molecule has 0 aliphatic carbocycles. The topological polar surface area (TPSA) is 45.6 Å². The summed E-state index contributed by atoms with van der Waals surface area (Å²) < 4.78 is 39.9. The maximum atomic E-state index is 12.0. The maximum Gasteiger partial charge on any atom is 0.573 e. The predicted octanol–water partition coefficient (Wildman–Crippen LogP) is 2.46. The minimum atomic E-state index is -4.65. The van der Waals surface area contributed by atoms with Crippen molar-refractivity contribution in [1.82, 2.24) is 10.6 Å². The zero-order chi connectivity index (χ0) is 15.1. The van der Waals surface area contributed by atoms with Crippen molar-refractivity contribution < 1.29 is 17.9 Å². The fraction of sp³-hybridized carbons (Fsp3) is 0.500. The average molecular weight is 301 g/mol. The van der Waals surface area contributed by atoms with Crippen molar-refractivity contribution in [1.29, 1.82) is 0 Å². The molecular weight excluding hydrogens is 283 g/mol. The SMILES string of the molecule is FC(F)(F)Oc1ccc(CCNC2=NCCCCN2)cc1. The van der Waals surface area contributed by atoms with Crippen LogP contribution in [0.3, 0.4) is 0 Å². The van der Waals surface area contributed by atoms with Crippen molar-refractivity contribution in [3.8, 4) is 5.75 Å². The molecule has 0 spiro atoms. The Kier molecular flexibility index (Phi) is 5.30. The molecule has 1 aromatic carbocycles. The number of nitrogens with one attached hydrogen (secondary N) is 2. The van der Waals surface area contributed by atoms with E-state index in [0.717, 1.165) is 37.5 Å². The second-order valence-corrected chi connectivity index (χ2v) is 4.73. The second kappa shape index (κ2) is 7.19. The zero-order valence-corrected chi connectivity index (χ0v) is 11.5. The van der Waals surface area contributed by atoms with Crippen LogP contribution in [0.4, 0.5) is 13.2 Å². The summed E-state index contributed by atoms with van der Waals surface area (Å²) >= 11 is 0. The van der Waals surface area contributed by atoms with Crippen LogP contribution in [0.1, 0.15) is 18.4 Å². The van der Waals surface area contributed by atoms with Crippen molar-refractivity contribution in [3.63, 3.8) is 0 Å². The number of hydrogen-bond donors (Lipinski definition) is 2. The Labute approximate surface area is 121 Å². The lowest BCUT2D eigenvalue weighted by Crippen LogP contribution is -2.38. The first-order valence-electron chi connectivity index (χ1n) is 6.90. The van der Waals surface area contributed by atoms with Gasteiger partial charge in [0.2, 0.25) is 0 Å². The van der Waals surface area contributed by atoms with Gasteiger partial charge in [-0.05, 0) is 37.0 Å². The molecule has 1 aliphatic heterocycles. The smallest absolute Gasteiger partial charge is 0.406 e. The summed E-state index contributed by atoms with van der Waals surface area (Å²) in [6, 6.07) is 5.91. The quantitative estimate of drug-likeness (QED) is 0.898. The zero-order valence-electron chi connectivity index (χ0n) is 11.5. The summed E-state index contributed by atoms with van der Waals surface area (Å²) in [6.45, 7) is 2.40. The maximum absolute atomic E-state index is 12.0. The van der Waals surface area contributed by atoms with Crippen molar-refractivity contribution in [2.75, 3.05) is 19.6 Å². The number of aliphatic imine (C=N–C) groups is 1. The summed E-state index contributed by atoms with van der Waals surface area (Å²) in [6.07, 6.45) is -1.76. The van der Waals surface area contributed by atoms with E-state index < -0.39 is 6.36 Å². The van der Waals surface area contributed by atoms with E-state index in [1.165, 1.54) is 12.1 Å². The third-order valence-electron chi connectivity index (χ3n) is 3.01. The molecule has 7 heteroatoms. The largest absolute Gasteiger partial charge is 0.573 e. The number of hydrogen-bond acceptors (Lipinski definition) is 4. The number of rotatable bonds is 4. The van der Waals surface area contributed by atoms with E-state index in [1.54, 1.807) is 12.1 Å². The molecule has 116 valence electrons. The molecule has 1 aromatic rings. The average Bonchev–Trinajstić information content (AvgIpc) is 2.68. The molecule has 0 fully saturated rings. The number of nitrogens with zero attached hydrogens (tertiary/aromatic N) is 1. The van der Waals surface area contributed by atoms with Crippen LogP contribution in [0.25, 0.3) is 0 Å². The molecule has 0 aromatic heterocycles. The van der Waals surface area contributed by atoms with Gasteiger partial charge in [0.15, 0.2) is 5.96 Å². The molecule has 0 saturated heterocycles. The van der Waals surface area contributed by atoms with E-state index >= 15 is 0 Å².